The van der Waals surface area contributed by atoms with Crippen LogP contribution in [-0.4, -0.2) is 61.3 Å². The number of hydrogen-bond donors (Lipinski definition) is 0. The van der Waals surface area contributed by atoms with Crippen molar-refractivity contribution in [2.45, 2.75) is 37.6 Å². The number of rotatable bonds is 7. The first kappa shape index (κ1) is 20.4. The highest BCUT2D eigenvalue weighted by molar-refractivity contribution is 5.94. The van der Waals surface area contributed by atoms with Gasteiger partial charge in [0.05, 0.1) is 31.6 Å². The number of methoxy groups -OCH3 is 1. The van der Waals surface area contributed by atoms with E-state index in [4.69, 9.17) is 9.47 Å². The second kappa shape index (κ2) is 9.23. The molecule has 3 rings (SSSR count). The molecule has 1 aromatic rings. The molecule has 0 aromatic carbocycles. The van der Waals surface area contributed by atoms with Crippen molar-refractivity contribution in [2.24, 2.45) is 4.99 Å². The number of pyridine rings is 1. The standard InChI is InChI=1S/C20H25F2N3O3/c1-27-19(26)15-5-8-23-18(13-15)17-4-3-16(14-24-17)28-12-2-9-25-10-6-20(21,22)7-11-25/h3-5,8,14,18H,2,6-7,9-13H2,1H3. The summed E-state index contributed by atoms with van der Waals surface area (Å²) in [5.74, 6) is -2.21. The van der Waals surface area contributed by atoms with E-state index in [0.717, 1.165) is 18.7 Å². The minimum atomic E-state index is -2.50. The number of ether oxygens (including phenoxy) is 2. The molecule has 6 nitrogen and oxygen atoms in total. The summed E-state index contributed by atoms with van der Waals surface area (Å²) < 4.78 is 36.7. The number of likely N-dealkylation sites (tertiary alicyclic amines) is 1. The van der Waals surface area contributed by atoms with Crippen LogP contribution < -0.4 is 4.74 Å². The van der Waals surface area contributed by atoms with E-state index < -0.39 is 5.92 Å². The third-order valence-electron chi connectivity index (χ3n) is 4.98. The van der Waals surface area contributed by atoms with Gasteiger partial charge >= 0.3 is 5.97 Å². The lowest BCUT2D eigenvalue weighted by molar-refractivity contribution is -0.136. The lowest BCUT2D eigenvalue weighted by atomic mass is 10.0. The maximum absolute atomic E-state index is 13.1. The zero-order valence-electron chi connectivity index (χ0n) is 15.9. The molecule has 2 aliphatic rings. The van der Waals surface area contributed by atoms with Gasteiger partial charge in [-0.15, -0.1) is 0 Å². The van der Waals surface area contributed by atoms with E-state index in [2.05, 4.69) is 14.9 Å². The van der Waals surface area contributed by atoms with Crippen LogP contribution in [0.15, 0.2) is 35.0 Å². The topological polar surface area (TPSA) is 64.0 Å². The minimum absolute atomic E-state index is 0.0598. The van der Waals surface area contributed by atoms with Gasteiger partial charge < -0.3 is 14.4 Å². The quantitative estimate of drug-likeness (QED) is 0.526. The summed E-state index contributed by atoms with van der Waals surface area (Å²) in [5, 5.41) is 0. The van der Waals surface area contributed by atoms with Crippen molar-refractivity contribution in [3.05, 3.63) is 35.7 Å². The zero-order chi connectivity index (χ0) is 20.0. The van der Waals surface area contributed by atoms with Crippen molar-refractivity contribution < 1.29 is 23.0 Å². The van der Waals surface area contributed by atoms with Crippen molar-refractivity contribution >= 4 is 12.2 Å². The van der Waals surface area contributed by atoms with Gasteiger partial charge in [-0.05, 0) is 24.6 Å². The molecule has 0 aliphatic carbocycles. The Kier molecular flexibility index (Phi) is 6.72. The van der Waals surface area contributed by atoms with Crippen LogP contribution in [0.5, 0.6) is 5.75 Å². The number of carbonyl (C=O) groups excluding carboxylic acids is 1. The van der Waals surface area contributed by atoms with Crippen molar-refractivity contribution in [1.82, 2.24) is 9.88 Å². The molecule has 152 valence electrons. The van der Waals surface area contributed by atoms with E-state index in [1.54, 1.807) is 18.5 Å². The Bertz CT molecular complexity index is 725. The zero-order valence-corrected chi connectivity index (χ0v) is 15.9. The van der Waals surface area contributed by atoms with Crippen molar-refractivity contribution in [3.8, 4) is 5.75 Å². The summed E-state index contributed by atoms with van der Waals surface area (Å²) in [6.45, 7) is 2.13. The SMILES string of the molecule is COC(=O)C1=CC=NC(c2ccc(OCCCN3CCC(F)(F)CC3)cn2)C1. The largest absolute Gasteiger partial charge is 0.492 e. The number of dihydropyridines is 1. The van der Waals surface area contributed by atoms with Crippen molar-refractivity contribution in [1.29, 1.82) is 0 Å². The number of allylic oxidation sites excluding steroid dienone is 1. The average Bonchev–Trinajstić information content (AvgIpc) is 2.72. The number of carbonyl (C=O) groups is 1. The molecule has 2 aliphatic heterocycles. The Labute approximate surface area is 163 Å². The summed E-state index contributed by atoms with van der Waals surface area (Å²) >= 11 is 0. The van der Waals surface area contributed by atoms with Gasteiger partial charge in [0, 0.05) is 50.7 Å². The minimum Gasteiger partial charge on any atom is -0.492 e. The van der Waals surface area contributed by atoms with Gasteiger partial charge in [0.15, 0.2) is 0 Å². The van der Waals surface area contributed by atoms with E-state index in [1.807, 2.05) is 12.1 Å². The molecule has 0 spiro atoms. The highest BCUT2D eigenvalue weighted by atomic mass is 19.3. The number of aliphatic imine (C=N–C) groups is 1. The molecule has 0 bridgehead atoms. The summed E-state index contributed by atoms with van der Waals surface area (Å²) in [5.41, 5.74) is 1.33. The van der Waals surface area contributed by atoms with E-state index in [9.17, 15) is 13.6 Å². The Morgan fingerprint density at radius 1 is 1.32 bits per heavy atom. The smallest absolute Gasteiger partial charge is 0.333 e. The van der Waals surface area contributed by atoms with E-state index >= 15 is 0 Å². The van der Waals surface area contributed by atoms with Gasteiger partial charge in [-0.1, -0.05) is 0 Å². The molecule has 1 fully saturated rings. The number of nitrogens with zero attached hydrogens (tertiary/aromatic N) is 3. The molecule has 0 radical (unpaired) electrons. The lowest BCUT2D eigenvalue weighted by Crippen LogP contribution is -2.40. The van der Waals surface area contributed by atoms with E-state index in [-0.39, 0.29) is 24.9 Å². The molecule has 3 heterocycles. The predicted octanol–water partition coefficient (Wildman–Crippen LogP) is 3.20. The third kappa shape index (κ3) is 5.58. The van der Waals surface area contributed by atoms with Crippen LogP contribution in [0.25, 0.3) is 0 Å². The number of hydrogen-bond acceptors (Lipinski definition) is 6. The fourth-order valence-electron chi connectivity index (χ4n) is 3.29. The van der Waals surface area contributed by atoms with Crippen LogP contribution in [-0.2, 0) is 9.53 Å². The van der Waals surface area contributed by atoms with Gasteiger partial charge in [-0.2, -0.15) is 0 Å². The normalized spacial score (nSPS) is 21.8. The number of alkyl halides is 2. The molecular formula is C20H25F2N3O3. The fraction of sp³-hybridized carbons (Fsp3) is 0.550. The summed E-state index contributed by atoms with van der Waals surface area (Å²) in [7, 11) is 1.36. The van der Waals surface area contributed by atoms with Crippen LogP contribution in [0, 0.1) is 0 Å². The van der Waals surface area contributed by atoms with Gasteiger partial charge in [0.2, 0.25) is 0 Å². The molecule has 0 saturated carbocycles. The first-order chi connectivity index (χ1) is 13.5. The van der Waals surface area contributed by atoms with Gasteiger partial charge in [0.25, 0.3) is 5.92 Å². The highest BCUT2D eigenvalue weighted by Crippen LogP contribution is 2.28. The monoisotopic (exact) mass is 393 g/mol. The van der Waals surface area contributed by atoms with Gasteiger partial charge in [0.1, 0.15) is 5.75 Å². The molecule has 1 atom stereocenters. The van der Waals surface area contributed by atoms with Crippen molar-refractivity contribution in [2.75, 3.05) is 33.4 Å². The Balaban J connectivity index is 1.41. The molecule has 1 aromatic heterocycles. The molecule has 1 saturated heterocycles. The van der Waals surface area contributed by atoms with Crippen LogP contribution >= 0.6 is 0 Å². The first-order valence-electron chi connectivity index (χ1n) is 9.46. The maximum atomic E-state index is 13.1. The highest BCUT2D eigenvalue weighted by Gasteiger charge is 2.33. The molecule has 0 amide bonds. The Morgan fingerprint density at radius 2 is 2.11 bits per heavy atom. The predicted molar refractivity (Wildman–Crippen MR) is 101 cm³/mol. The second-order valence-corrected chi connectivity index (χ2v) is 7.02. The number of aromatic nitrogens is 1. The summed E-state index contributed by atoms with van der Waals surface area (Å²) in [6, 6.07) is 3.45. The Hall–Kier alpha value is -2.35. The summed E-state index contributed by atoms with van der Waals surface area (Å²) in [6.07, 6.45) is 6.00. The number of piperidine rings is 1. The molecule has 8 heteroatoms. The van der Waals surface area contributed by atoms with Crippen LogP contribution in [0.2, 0.25) is 0 Å². The Morgan fingerprint density at radius 3 is 2.79 bits per heavy atom. The van der Waals surface area contributed by atoms with E-state index in [0.29, 0.717) is 37.4 Å². The van der Waals surface area contributed by atoms with E-state index in [1.165, 1.54) is 7.11 Å². The molecular weight excluding hydrogens is 368 g/mol. The van der Waals surface area contributed by atoms with Gasteiger partial charge in [-0.25, -0.2) is 13.6 Å². The lowest BCUT2D eigenvalue weighted by Gasteiger charge is -2.31. The summed E-state index contributed by atoms with van der Waals surface area (Å²) in [4.78, 5) is 22.5. The number of halogens is 2. The second-order valence-electron chi connectivity index (χ2n) is 7.02. The third-order valence-corrected chi connectivity index (χ3v) is 4.98. The maximum Gasteiger partial charge on any atom is 0.333 e. The molecule has 0 N–H and O–H groups in total. The van der Waals surface area contributed by atoms with Gasteiger partial charge in [-0.3, -0.25) is 9.98 Å². The first-order valence-corrected chi connectivity index (χ1v) is 9.46. The van der Waals surface area contributed by atoms with Crippen molar-refractivity contribution in [3.63, 3.8) is 0 Å². The molecule has 1 unspecified atom stereocenters. The van der Waals surface area contributed by atoms with Crippen LogP contribution in [0.3, 0.4) is 0 Å². The fourth-order valence-corrected chi connectivity index (χ4v) is 3.29. The number of esters is 1. The van der Waals surface area contributed by atoms with Crippen LogP contribution in [0.4, 0.5) is 8.78 Å². The molecule has 28 heavy (non-hydrogen) atoms. The van der Waals surface area contributed by atoms with Crippen LogP contribution in [0.1, 0.15) is 37.4 Å². The average molecular weight is 393 g/mol.